The summed E-state index contributed by atoms with van der Waals surface area (Å²) in [6.07, 6.45) is 0.735. The van der Waals surface area contributed by atoms with E-state index in [9.17, 15) is 9.59 Å². The average molecular weight is 429 g/mol. The molecule has 2 unspecified atom stereocenters. The first-order valence-electron chi connectivity index (χ1n) is 9.24. The molecule has 0 spiro atoms. The van der Waals surface area contributed by atoms with Crippen LogP contribution < -0.4 is 10.6 Å². The van der Waals surface area contributed by atoms with Crippen LogP contribution in [0.3, 0.4) is 0 Å². The fourth-order valence-electron chi connectivity index (χ4n) is 2.68. The Bertz CT molecular complexity index is 976. The van der Waals surface area contributed by atoms with Crippen LogP contribution in [0.2, 0.25) is 5.02 Å². The lowest BCUT2D eigenvalue weighted by atomic mass is 9.98. The van der Waals surface area contributed by atoms with Gasteiger partial charge >= 0.3 is 0 Å². The fourth-order valence-corrected chi connectivity index (χ4v) is 3.56. The molecule has 1 aromatic heterocycles. The summed E-state index contributed by atoms with van der Waals surface area (Å²) in [4.78, 5) is 25.4. The van der Waals surface area contributed by atoms with Crippen molar-refractivity contribution in [2.45, 2.75) is 26.3 Å². The zero-order valence-corrected chi connectivity index (χ0v) is 17.6. The van der Waals surface area contributed by atoms with E-state index in [1.54, 1.807) is 36.4 Å². The van der Waals surface area contributed by atoms with Gasteiger partial charge in [0.25, 0.3) is 5.91 Å². The van der Waals surface area contributed by atoms with Gasteiger partial charge < -0.3 is 5.32 Å². The molecule has 8 heteroatoms. The van der Waals surface area contributed by atoms with Crippen molar-refractivity contribution < 1.29 is 9.59 Å². The van der Waals surface area contributed by atoms with Crippen LogP contribution >= 0.6 is 22.9 Å². The third-order valence-corrected chi connectivity index (χ3v) is 5.70. The van der Waals surface area contributed by atoms with Gasteiger partial charge in [-0.15, -0.1) is 10.2 Å². The Morgan fingerprint density at radius 1 is 1.07 bits per heavy atom. The zero-order chi connectivity index (χ0) is 20.8. The number of halogens is 1. The molecule has 150 valence electrons. The Balaban J connectivity index is 1.72. The summed E-state index contributed by atoms with van der Waals surface area (Å²) in [6, 6.07) is 15.4. The maximum Gasteiger partial charge on any atom is 0.251 e. The number of carbonyl (C=O) groups excluding carboxylic acids is 2. The quantitative estimate of drug-likeness (QED) is 0.574. The van der Waals surface area contributed by atoms with Crippen LogP contribution in [-0.4, -0.2) is 28.1 Å². The van der Waals surface area contributed by atoms with Crippen LogP contribution in [-0.2, 0) is 4.79 Å². The van der Waals surface area contributed by atoms with Gasteiger partial charge in [-0.25, -0.2) is 0 Å². The Hall–Kier alpha value is -2.77. The van der Waals surface area contributed by atoms with E-state index in [0.717, 1.165) is 12.0 Å². The van der Waals surface area contributed by atoms with Crippen LogP contribution in [0.5, 0.6) is 0 Å². The summed E-state index contributed by atoms with van der Waals surface area (Å²) in [5.41, 5.74) is 1.37. The largest absolute Gasteiger partial charge is 0.340 e. The molecule has 6 nitrogen and oxygen atoms in total. The summed E-state index contributed by atoms with van der Waals surface area (Å²) < 4.78 is 0. The van der Waals surface area contributed by atoms with Crippen LogP contribution in [0.1, 0.15) is 30.6 Å². The van der Waals surface area contributed by atoms with Gasteiger partial charge in [-0.3, -0.25) is 14.9 Å². The van der Waals surface area contributed by atoms with Gasteiger partial charge in [-0.05, 0) is 30.2 Å². The van der Waals surface area contributed by atoms with Crippen LogP contribution in [0, 0.1) is 5.92 Å². The van der Waals surface area contributed by atoms with Crippen molar-refractivity contribution in [3.05, 3.63) is 65.2 Å². The minimum Gasteiger partial charge on any atom is -0.340 e. The fraction of sp³-hybridized carbons (Fsp3) is 0.238. The number of hydrogen-bond donors (Lipinski definition) is 2. The highest BCUT2D eigenvalue weighted by Gasteiger charge is 2.27. The molecule has 3 aromatic rings. The first kappa shape index (κ1) is 21.0. The number of rotatable bonds is 7. The molecular formula is C21H21ClN4O2S. The molecule has 1 heterocycles. The van der Waals surface area contributed by atoms with E-state index in [1.807, 2.05) is 32.0 Å². The first-order valence-corrected chi connectivity index (χ1v) is 10.4. The van der Waals surface area contributed by atoms with E-state index in [2.05, 4.69) is 20.8 Å². The summed E-state index contributed by atoms with van der Waals surface area (Å²) in [5, 5.41) is 15.5. The summed E-state index contributed by atoms with van der Waals surface area (Å²) in [5.74, 6) is -0.654. The molecule has 2 amide bonds. The van der Waals surface area contributed by atoms with Crippen LogP contribution in [0.15, 0.2) is 54.6 Å². The van der Waals surface area contributed by atoms with Gasteiger partial charge in [0, 0.05) is 16.1 Å². The molecular weight excluding hydrogens is 408 g/mol. The normalized spacial score (nSPS) is 12.8. The number of amides is 2. The minimum atomic E-state index is -0.685. The minimum absolute atomic E-state index is 0.0497. The maximum absolute atomic E-state index is 12.9. The molecule has 0 fully saturated rings. The molecule has 2 aromatic carbocycles. The lowest BCUT2D eigenvalue weighted by Crippen LogP contribution is -2.47. The number of hydrogen-bond acceptors (Lipinski definition) is 5. The van der Waals surface area contributed by atoms with Crippen LogP contribution in [0.25, 0.3) is 10.6 Å². The zero-order valence-electron chi connectivity index (χ0n) is 16.1. The second-order valence-electron chi connectivity index (χ2n) is 6.61. The number of nitrogens with zero attached hydrogens (tertiary/aromatic N) is 2. The predicted octanol–water partition coefficient (Wildman–Crippen LogP) is 4.64. The van der Waals surface area contributed by atoms with E-state index in [-0.39, 0.29) is 17.7 Å². The second-order valence-corrected chi connectivity index (χ2v) is 8.03. The second kappa shape index (κ2) is 9.62. The monoisotopic (exact) mass is 428 g/mol. The third kappa shape index (κ3) is 5.40. The van der Waals surface area contributed by atoms with Gasteiger partial charge in [0.05, 0.1) is 0 Å². The van der Waals surface area contributed by atoms with Crippen molar-refractivity contribution in [1.82, 2.24) is 15.5 Å². The van der Waals surface area contributed by atoms with Gasteiger partial charge in [0.1, 0.15) is 11.0 Å². The Kier molecular flexibility index (Phi) is 6.95. The number of benzene rings is 2. The molecule has 0 saturated carbocycles. The predicted molar refractivity (Wildman–Crippen MR) is 116 cm³/mol. The third-order valence-electron chi connectivity index (χ3n) is 4.56. The first-order chi connectivity index (χ1) is 14.0. The van der Waals surface area contributed by atoms with Crippen molar-refractivity contribution in [3.63, 3.8) is 0 Å². The van der Waals surface area contributed by atoms with Crippen molar-refractivity contribution in [3.8, 4) is 10.6 Å². The highest BCUT2D eigenvalue weighted by Crippen LogP contribution is 2.27. The Morgan fingerprint density at radius 3 is 2.41 bits per heavy atom. The summed E-state index contributed by atoms with van der Waals surface area (Å²) in [7, 11) is 0. The lowest BCUT2D eigenvalue weighted by Gasteiger charge is -2.23. The van der Waals surface area contributed by atoms with Gasteiger partial charge in [-0.2, -0.15) is 0 Å². The summed E-state index contributed by atoms with van der Waals surface area (Å²) >= 11 is 7.18. The lowest BCUT2D eigenvalue weighted by molar-refractivity contribution is -0.119. The van der Waals surface area contributed by atoms with E-state index < -0.39 is 6.04 Å². The van der Waals surface area contributed by atoms with Gasteiger partial charge in [0.2, 0.25) is 11.0 Å². The van der Waals surface area contributed by atoms with Gasteiger partial charge in [0.15, 0.2) is 0 Å². The van der Waals surface area contributed by atoms with Crippen molar-refractivity contribution >= 4 is 39.9 Å². The molecule has 0 bridgehead atoms. The molecule has 2 atom stereocenters. The van der Waals surface area contributed by atoms with E-state index in [4.69, 9.17) is 11.6 Å². The van der Waals surface area contributed by atoms with E-state index in [0.29, 0.717) is 20.7 Å². The van der Waals surface area contributed by atoms with E-state index >= 15 is 0 Å². The summed E-state index contributed by atoms with van der Waals surface area (Å²) in [6.45, 7) is 3.90. The number of nitrogens with one attached hydrogen (secondary N) is 2. The highest BCUT2D eigenvalue weighted by atomic mass is 35.5. The van der Waals surface area contributed by atoms with Crippen LogP contribution in [0.4, 0.5) is 5.13 Å². The average Bonchev–Trinajstić information content (AvgIpc) is 3.20. The molecule has 0 aliphatic heterocycles. The SMILES string of the molecule is CCC(C)C(NC(=O)c1ccccc1)C(=O)Nc1nnc(-c2ccc(Cl)cc2)s1. The van der Waals surface area contributed by atoms with Gasteiger partial charge in [-0.1, -0.05) is 73.5 Å². The molecule has 0 saturated heterocycles. The number of carbonyl (C=O) groups is 2. The Morgan fingerprint density at radius 2 is 1.76 bits per heavy atom. The van der Waals surface area contributed by atoms with Crippen molar-refractivity contribution in [2.24, 2.45) is 5.92 Å². The van der Waals surface area contributed by atoms with Crippen molar-refractivity contribution in [2.75, 3.05) is 5.32 Å². The highest BCUT2D eigenvalue weighted by molar-refractivity contribution is 7.18. The molecule has 2 N–H and O–H groups in total. The van der Waals surface area contributed by atoms with E-state index in [1.165, 1.54) is 11.3 Å². The number of anilines is 1. The van der Waals surface area contributed by atoms with Crippen molar-refractivity contribution in [1.29, 1.82) is 0 Å². The standard InChI is InChI=1S/C21H21ClN4O2S/c1-3-13(2)17(23-18(27)14-7-5-4-6-8-14)19(28)24-21-26-25-20(29-21)15-9-11-16(22)12-10-15/h4-13,17H,3H2,1-2H3,(H,23,27)(H,24,26,28). The number of aromatic nitrogens is 2. The smallest absolute Gasteiger partial charge is 0.251 e. The molecule has 0 aliphatic carbocycles. The maximum atomic E-state index is 12.9. The Labute approximate surface area is 178 Å². The topological polar surface area (TPSA) is 84.0 Å². The molecule has 0 aliphatic rings. The molecule has 29 heavy (non-hydrogen) atoms. The molecule has 3 rings (SSSR count). The molecule has 0 radical (unpaired) electrons.